The summed E-state index contributed by atoms with van der Waals surface area (Å²) in [5.41, 5.74) is 4.37. The Morgan fingerprint density at radius 3 is 2.72 bits per heavy atom. The monoisotopic (exact) mass is 388 g/mol. The number of anilines is 2. The van der Waals surface area contributed by atoms with E-state index in [0.29, 0.717) is 22.7 Å². The summed E-state index contributed by atoms with van der Waals surface area (Å²) >= 11 is 0. The molecule has 0 radical (unpaired) electrons. The van der Waals surface area contributed by atoms with Gasteiger partial charge in [-0.2, -0.15) is 5.10 Å². The van der Waals surface area contributed by atoms with Gasteiger partial charge in [0, 0.05) is 25.6 Å². The molecule has 0 aliphatic heterocycles. The molecule has 0 fully saturated rings. The SMILES string of the molecule is Cc1cncc(C(=O)Nc2cncc([C@H](C)Nc3cnc4cnn(C)c4n3)c2)c1. The van der Waals surface area contributed by atoms with E-state index < -0.39 is 0 Å². The highest BCUT2D eigenvalue weighted by Crippen LogP contribution is 2.21. The van der Waals surface area contributed by atoms with Crippen LogP contribution in [0.5, 0.6) is 0 Å². The van der Waals surface area contributed by atoms with Crippen LogP contribution in [0.3, 0.4) is 0 Å². The Kier molecular flexibility index (Phi) is 4.86. The van der Waals surface area contributed by atoms with Crippen molar-refractivity contribution >= 4 is 28.6 Å². The molecule has 0 aliphatic carbocycles. The predicted octanol–water partition coefficient (Wildman–Crippen LogP) is 2.89. The summed E-state index contributed by atoms with van der Waals surface area (Å²) in [6, 6.07) is 3.57. The number of amides is 1. The van der Waals surface area contributed by atoms with Crippen LogP contribution in [0.4, 0.5) is 11.5 Å². The molecule has 4 heterocycles. The fraction of sp³-hybridized carbons (Fsp3) is 0.200. The first-order chi connectivity index (χ1) is 14.0. The highest BCUT2D eigenvalue weighted by molar-refractivity contribution is 6.04. The smallest absolute Gasteiger partial charge is 0.257 e. The molecule has 4 aromatic heterocycles. The number of hydrogen-bond acceptors (Lipinski definition) is 7. The second-order valence-electron chi connectivity index (χ2n) is 6.81. The average Bonchev–Trinajstić information content (AvgIpc) is 3.08. The lowest BCUT2D eigenvalue weighted by atomic mass is 10.1. The Balaban J connectivity index is 1.49. The second kappa shape index (κ2) is 7.63. The molecule has 0 aliphatic rings. The summed E-state index contributed by atoms with van der Waals surface area (Å²) in [6.07, 6.45) is 9.95. The Bertz CT molecular complexity index is 1190. The predicted molar refractivity (Wildman–Crippen MR) is 110 cm³/mol. The van der Waals surface area contributed by atoms with Gasteiger partial charge in [-0.15, -0.1) is 0 Å². The number of pyridine rings is 2. The molecule has 0 spiro atoms. The van der Waals surface area contributed by atoms with E-state index in [4.69, 9.17) is 0 Å². The number of rotatable bonds is 5. The van der Waals surface area contributed by atoms with E-state index >= 15 is 0 Å². The van der Waals surface area contributed by atoms with Crippen molar-refractivity contribution in [2.45, 2.75) is 19.9 Å². The summed E-state index contributed by atoms with van der Waals surface area (Å²) in [6.45, 7) is 3.88. The molecule has 4 rings (SSSR count). The van der Waals surface area contributed by atoms with Gasteiger partial charge in [0.1, 0.15) is 11.3 Å². The molecule has 1 atom stereocenters. The van der Waals surface area contributed by atoms with E-state index in [2.05, 4.69) is 35.7 Å². The van der Waals surface area contributed by atoms with Crippen LogP contribution in [0.2, 0.25) is 0 Å². The normalized spacial score (nSPS) is 12.0. The first-order valence-electron chi connectivity index (χ1n) is 9.09. The summed E-state index contributed by atoms with van der Waals surface area (Å²) in [7, 11) is 1.82. The van der Waals surface area contributed by atoms with Crippen molar-refractivity contribution in [2.75, 3.05) is 10.6 Å². The Morgan fingerprint density at radius 2 is 1.90 bits per heavy atom. The first kappa shape index (κ1) is 18.5. The Hall–Kier alpha value is -3.88. The van der Waals surface area contributed by atoms with E-state index in [-0.39, 0.29) is 11.9 Å². The number of hydrogen-bond donors (Lipinski definition) is 2. The largest absolute Gasteiger partial charge is 0.362 e. The Morgan fingerprint density at radius 1 is 1.07 bits per heavy atom. The van der Waals surface area contributed by atoms with Gasteiger partial charge in [0.2, 0.25) is 0 Å². The number of carbonyl (C=O) groups is 1. The molecular weight excluding hydrogens is 368 g/mol. The van der Waals surface area contributed by atoms with Gasteiger partial charge >= 0.3 is 0 Å². The minimum atomic E-state index is -0.228. The fourth-order valence-electron chi connectivity index (χ4n) is 2.93. The van der Waals surface area contributed by atoms with Crippen LogP contribution < -0.4 is 10.6 Å². The van der Waals surface area contributed by atoms with Crippen molar-refractivity contribution in [3.8, 4) is 0 Å². The number of nitrogens with zero attached hydrogens (tertiary/aromatic N) is 6. The van der Waals surface area contributed by atoms with Crippen LogP contribution in [-0.2, 0) is 7.05 Å². The summed E-state index contributed by atoms with van der Waals surface area (Å²) in [4.78, 5) is 29.7. The zero-order valence-electron chi connectivity index (χ0n) is 16.3. The second-order valence-corrected chi connectivity index (χ2v) is 6.81. The summed E-state index contributed by atoms with van der Waals surface area (Å²) in [5, 5.41) is 10.3. The fourth-order valence-corrected chi connectivity index (χ4v) is 2.93. The highest BCUT2D eigenvalue weighted by atomic mass is 16.1. The molecule has 0 bridgehead atoms. The van der Waals surface area contributed by atoms with Crippen molar-refractivity contribution < 1.29 is 4.79 Å². The topological polar surface area (TPSA) is 111 Å². The van der Waals surface area contributed by atoms with Crippen LogP contribution in [0.1, 0.15) is 34.5 Å². The lowest BCUT2D eigenvalue weighted by Gasteiger charge is -2.15. The van der Waals surface area contributed by atoms with Gasteiger partial charge in [-0.05, 0) is 37.1 Å². The highest BCUT2D eigenvalue weighted by Gasteiger charge is 2.12. The molecule has 1 amide bonds. The molecule has 0 saturated heterocycles. The van der Waals surface area contributed by atoms with Crippen LogP contribution in [0.15, 0.2) is 49.3 Å². The van der Waals surface area contributed by atoms with E-state index in [0.717, 1.165) is 16.6 Å². The van der Waals surface area contributed by atoms with Crippen molar-refractivity contribution in [3.05, 3.63) is 66.0 Å². The minimum Gasteiger partial charge on any atom is -0.362 e. The standard InChI is InChI=1S/C20H20N8O/c1-12-4-15(8-21-6-12)20(29)26-16-5-14(7-22-9-16)13(2)25-18-11-23-17-10-24-28(3)19(17)27-18/h4-11,13H,1-3H3,(H,25,27)(H,26,29)/t13-/m0/s1. The number of nitrogens with one attached hydrogen (secondary N) is 2. The van der Waals surface area contributed by atoms with Gasteiger partial charge in [-0.25, -0.2) is 14.6 Å². The summed E-state index contributed by atoms with van der Waals surface area (Å²) < 4.78 is 1.68. The first-order valence-corrected chi connectivity index (χ1v) is 9.09. The van der Waals surface area contributed by atoms with E-state index in [1.807, 2.05) is 27.0 Å². The van der Waals surface area contributed by atoms with Gasteiger partial charge in [-0.1, -0.05) is 0 Å². The molecule has 9 nitrogen and oxygen atoms in total. The lowest BCUT2D eigenvalue weighted by Crippen LogP contribution is -2.14. The molecule has 0 saturated carbocycles. The molecule has 2 N–H and O–H groups in total. The molecular formula is C20H20N8O. The maximum atomic E-state index is 12.4. The van der Waals surface area contributed by atoms with Gasteiger partial charge in [-0.3, -0.25) is 14.8 Å². The van der Waals surface area contributed by atoms with E-state index in [9.17, 15) is 4.79 Å². The van der Waals surface area contributed by atoms with Gasteiger partial charge < -0.3 is 10.6 Å². The Labute approximate surface area is 167 Å². The third kappa shape index (κ3) is 4.03. The third-order valence-electron chi connectivity index (χ3n) is 4.46. The molecule has 9 heteroatoms. The van der Waals surface area contributed by atoms with Crippen molar-refractivity contribution in [2.24, 2.45) is 7.05 Å². The van der Waals surface area contributed by atoms with E-state index in [1.54, 1.807) is 41.7 Å². The quantitative estimate of drug-likeness (QED) is 0.541. The molecule has 0 aromatic carbocycles. The van der Waals surface area contributed by atoms with Crippen molar-refractivity contribution in [1.82, 2.24) is 29.7 Å². The number of carbonyl (C=O) groups excluding carboxylic acids is 1. The van der Waals surface area contributed by atoms with Gasteiger partial charge in [0.25, 0.3) is 5.91 Å². The molecule has 0 unspecified atom stereocenters. The molecule has 29 heavy (non-hydrogen) atoms. The van der Waals surface area contributed by atoms with Crippen LogP contribution in [0.25, 0.3) is 11.2 Å². The maximum Gasteiger partial charge on any atom is 0.257 e. The third-order valence-corrected chi connectivity index (χ3v) is 4.46. The van der Waals surface area contributed by atoms with E-state index in [1.165, 1.54) is 6.20 Å². The summed E-state index contributed by atoms with van der Waals surface area (Å²) in [5.74, 6) is 0.405. The van der Waals surface area contributed by atoms with Crippen LogP contribution >= 0.6 is 0 Å². The number of aromatic nitrogens is 6. The van der Waals surface area contributed by atoms with Crippen molar-refractivity contribution in [3.63, 3.8) is 0 Å². The number of aryl methyl sites for hydroxylation is 2. The van der Waals surface area contributed by atoms with Crippen molar-refractivity contribution in [1.29, 1.82) is 0 Å². The minimum absolute atomic E-state index is 0.0973. The van der Waals surface area contributed by atoms with Gasteiger partial charge in [0.05, 0.1) is 35.9 Å². The van der Waals surface area contributed by atoms with Crippen LogP contribution in [-0.4, -0.2) is 35.6 Å². The van der Waals surface area contributed by atoms with Gasteiger partial charge in [0.15, 0.2) is 5.65 Å². The van der Waals surface area contributed by atoms with Crippen LogP contribution in [0, 0.1) is 6.92 Å². The number of fused-ring (bicyclic) bond motifs is 1. The molecule has 146 valence electrons. The molecule has 4 aromatic rings. The zero-order valence-corrected chi connectivity index (χ0v) is 16.3. The average molecular weight is 388 g/mol. The zero-order chi connectivity index (χ0) is 20.4. The maximum absolute atomic E-state index is 12.4. The lowest BCUT2D eigenvalue weighted by molar-refractivity contribution is 0.102.